The summed E-state index contributed by atoms with van der Waals surface area (Å²) in [5.41, 5.74) is 1.01. The van der Waals surface area contributed by atoms with Crippen molar-refractivity contribution in [1.29, 1.82) is 0 Å². The standard InChI is InChI=1S/C13H13F3N4O2S/c1-19(2)12(21)20-4-3-7-5-8(23-9(7)6-20)10-17-11(22-18-10)13(14,15)16/h5H,3-4,6H2,1-2H3. The second-order valence-electron chi connectivity index (χ2n) is 5.33. The van der Waals surface area contributed by atoms with Crippen LogP contribution in [0.15, 0.2) is 10.6 Å². The highest BCUT2D eigenvalue weighted by atomic mass is 32.1. The van der Waals surface area contributed by atoms with Crippen molar-refractivity contribution in [2.24, 2.45) is 0 Å². The fourth-order valence-corrected chi connectivity index (χ4v) is 3.47. The first-order chi connectivity index (χ1) is 10.8. The Morgan fingerprint density at radius 3 is 2.78 bits per heavy atom. The van der Waals surface area contributed by atoms with Gasteiger partial charge in [0.1, 0.15) is 0 Å². The van der Waals surface area contributed by atoms with Crippen molar-refractivity contribution >= 4 is 17.4 Å². The molecule has 0 aromatic carbocycles. The minimum atomic E-state index is -4.66. The van der Waals surface area contributed by atoms with Crippen LogP contribution < -0.4 is 0 Å². The van der Waals surface area contributed by atoms with Crippen molar-refractivity contribution < 1.29 is 22.5 Å². The lowest BCUT2D eigenvalue weighted by Gasteiger charge is -2.29. The minimum Gasteiger partial charge on any atom is -0.331 e. The van der Waals surface area contributed by atoms with Crippen LogP contribution in [-0.4, -0.2) is 46.6 Å². The van der Waals surface area contributed by atoms with Crippen LogP contribution in [-0.2, 0) is 19.1 Å². The predicted molar refractivity (Wildman–Crippen MR) is 75.8 cm³/mol. The molecular formula is C13H13F3N4O2S. The molecule has 6 nitrogen and oxygen atoms in total. The average Bonchev–Trinajstić information content (AvgIpc) is 3.11. The Hall–Kier alpha value is -2.10. The van der Waals surface area contributed by atoms with Crippen LogP contribution in [0.25, 0.3) is 10.7 Å². The van der Waals surface area contributed by atoms with Gasteiger partial charge in [-0.15, -0.1) is 11.3 Å². The number of nitrogens with zero attached hydrogens (tertiary/aromatic N) is 4. The van der Waals surface area contributed by atoms with E-state index in [9.17, 15) is 18.0 Å². The number of amides is 2. The lowest BCUT2D eigenvalue weighted by Crippen LogP contribution is -2.41. The summed E-state index contributed by atoms with van der Waals surface area (Å²) in [6, 6.07) is 1.67. The van der Waals surface area contributed by atoms with E-state index in [1.54, 1.807) is 25.1 Å². The maximum absolute atomic E-state index is 12.5. The number of carbonyl (C=O) groups excluding carboxylic acids is 1. The zero-order valence-electron chi connectivity index (χ0n) is 12.3. The van der Waals surface area contributed by atoms with Gasteiger partial charge in [0.05, 0.1) is 11.4 Å². The molecule has 2 aromatic rings. The molecule has 2 aromatic heterocycles. The molecule has 2 amide bonds. The van der Waals surface area contributed by atoms with Crippen molar-refractivity contribution in [1.82, 2.24) is 19.9 Å². The molecule has 3 heterocycles. The van der Waals surface area contributed by atoms with E-state index in [0.717, 1.165) is 10.4 Å². The summed E-state index contributed by atoms with van der Waals surface area (Å²) in [4.78, 5) is 20.0. The second kappa shape index (κ2) is 5.52. The van der Waals surface area contributed by atoms with Crippen LogP contribution in [0.1, 0.15) is 16.3 Å². The molecule has 23 heavy (non-hydrogen) atoms. The first-order valence-corrected chi connectivity index (χ1v) is 7.56. The van der Waals surface area contributed by atoms with Gasteiger partial charge in [-0.1, -0.05) is 5.16 Å². The summed E-state index contributed by atoms with van der Waals surface area (Å²) < 4.78 is 41.8. The molecule has 10 heteroatoms. The van der Waals surface area contributed by atoms with E-state index in [1.807, 2.05) is 0 Å². The molecule has 0 spiro atoms. The van der Waals surface area contributed by atoms with E-state index in [4.69, 9.17) is 0 Å². The lowest BCUT2D eigenvalue weighted by atomic mass is 10.1. The van der Waals surface area contributed by atoms with E-state index in [0.29, 0.717) is 24.4 Å². The van der Waals surface area contributed by atoms with Crippen molar-refractivity contribution in [3.05, 3.63) is 22.4 Å². The molecule has 0 saturated heterocycles. The van der Waals surface area contributed by atoms with Crippen LogP contribution >= 0.6 is 11.3 Å². The Balaban J connectivity index is 1.83. The number of thiophene rings is 1. The van der Waals surface area contributed by atoms with Crippen molar-refractivity contribution in [3.63, 3.8) is 0 Å². The molecule has 0 radical (unpaired) electrons. The molecule has 0 unspecified atom stereocenters. The maximum Gasteiger partial charge on any atom is 0.471 e. The van der Waals surface area contributed by atoms with Crippen LogP contribution in [0.3, 0.4) is 0 Å². The zero-order chi connectivity index (χ0) is 16.8. The van der Waals surface area contributed by atoms with E-state index in [-0.39, 0.29) is 11.9 Å². The molecule has 3 rings (SSSR count). The van der Waals surface area contributed by atoms with Crippen molar-refractivity contribution in [2.45, 2.75) is 19.1 Å². The molecule has 1 aliphatic rings. The number of halogens is 3. The molecular weight excluding hydrogens is 333 g/mol. The van der Waals surface area contributed by atoms with E-state index in [2.05, 4.69) is 14.7 Å². The Morgan fingerprint density at radius 2 is 2.17 bits per heavy atom. The highest BCUT2D eigenvalue weighted by Gasteiger charge is 2.38. The van der Waals surface area contributed by atoms with E-state index >= 15 is 0 Å². The lowest BCUT2D eigenvalue weighted by molar-refractivity contribution is -0.159. The van der Waals surface area contributed by atoms with Gasteiger partial charge in [-0.05, 0) is 18.1 Å². The van der Waals surface area contributed by atoms with E-state index in [1.165, 1.54) is 16.2 Å². The van der Waals surface area contributed by atoms with Gasteiger partial charge in [-0.25, -0.2) is 4.79 Å². The molecule has 0 bridgehead atoms. The fraction of sp³-hybridized carbons (Fsp3) is 0.462. The summed E-state index contributed by atoms with van der Waals surface area (Å²) in [5.74, 6) is -1.44. The third kappa shape index (κ3) is 3.03. The monoisotopic (exact) mass is 346 g/mol. The smallest absolute Gasteiger partial charge is 0.331 e. The van der Waals surface area contributed by atoms with Gasteiger partial charge in [0.25, 0.3) is 0 Å². The van der Waals surface area contributed by atoms with Crippen LogP contribution in [0.4, 0.5) is 18.0 Å². The Morgan fingerprint density at radius 1 is 1.43 bits per heavy atom. The number of rotatable bonds is 1. The molecule has 0 atom stereocenters. The third-order valence-electron chi connectivity index (χ3n) is 3.42. The normalized spacial score (nSPS) is 14.7. The number of fused-ring (bicyclic) bond motifs is 1. The Kier molecular flexibility index (Phi) is 3.78. The number of urea groups is 1. The van der Waals surface area contributed by atoms with Gasteiger partial charge in [0.15, 0.2) is 0 Å². The molecule has 1 aliphatic heterocycles. The summed E-state index contributed by atoms with van der Waals surface area (Å²) in [7, 11) is 3.35. The highest BCUT2D eigenvalue weighted by Crippen LogP contribution is 2.35. The molecule has 0 fully saturated rings. The van der Waals surface area contributed by atoms with Gasteiger partial charge in [0, 0.05) is 25.5 Å². The number of alkyl halides is 3. The highest BCUT2D eigenvalue weighted by molar-refractivity contribution is 7.15. The summed E-state index contributed by atoms with van der Waals surface area (Å²) >= 11 is 1.28. The summed E-state index contributed by atoms with van der Waals surface area (Å²) in [6.07, 6.45) is -4.01. The number of hydrogen-bond donors (Lipinski definition) is 0. The van der Waals surface area contributed by atoms with Gasteiger partial charge in [-0.3, -0.25) is 0 Å². The molecule has 0 aliphatic carbocycles. The third-order valence-corrected chi connectivity index (χ3v) is 4.58. The maximum atomic E-state index is 12.5. The molecule has 0 N–H and O–H groups in total. The minimum absolute atomic E-state index is 0.0813. The van der Waals surface area contributed by atoms with E-state index < -0.39 is 12.1 Å². The number of carbonyl (C=O) groups is 1. The first kappa shape index (κ1) is 15.8. The predicted octanol–water partition coefficient (Wildman–Crippen LogP) is 2.86. The number of aromatic nitrogens is 2. The van der Waals surface area contributed by atoms with Crippen LogP contribution in [0.5, 0.6) is 0 Å². The topological polar surface area (TPSA) is 62.5 Å². The summed E-state index contributed by atoms with van der Waals surface area (Å²) in [6.45, 7) is 1.00. The van der Waals surface area contributed by atoms with Crippen molar-refractivity contribution in [2.75, 3.05) is 20.6 Å². The summed E-state index contributed by atoms with van der Waals surface area (Å²) in [5, 5.41) is 3.39. The quantitative estimate of drug-likeness (QED) is 0.797. The Bertz CT molecular complexity index is 738. The average molecular weight is 346 g/mol. The van der Waals surface area contributed by atoms with Gasteiger partial charge in [-0.2, -0.15) is 18.2 Å². The Labute approximate surface area is 133 Å². The SMILES string of the molecule is CN(C)C(=O)N1CCc2cc(-c3noc(C(F)(F)F)n3)sc2C1. The largest absolute Gasteiger partial charge is 0.471 e. The molecule has 0 saturated carbocycles. The zero-order valence-corrected chi connectivity index (χ0v) is 13.2. The fourth-order valence-electron chi connectivity index (χ4n) is 2.31. The van der Waals surface area contributed by atoms with Gasteiger partial charge >= 0.3 is 18.1 Å². The van der Waals surface area contributed by atoms with Crippen LogP contribution in [0.2, 0.25) is 0 Å². The molecule has 124 valence electrons. The van der Waals surface area contributed by atoms with Crippen molar-refractivity contribution in [3.8, 4) is 10.7 Å². The van der Waals surface area contributed by atoms with Crippen LogP contribution in [0, 0.1) is 0 Å². The number of hydrogen-bond acceptors (Lipinski definition) is 5. The van der Waals surface area contributed by atoms with Gasteiger partial charge < -0.3 is 14.3 Å². The first-order valence-electron chi connectivity index (χ1n) is 6.75. The second-order valence-corrected chi connectivity index (χ2v) is 6.47. The van der Waals surface area contributed by atoms with Gasteiger partial charge in [0.2, 0.25) is 5.82 Å².